The monoisotopic (exact) mass is 280 g/mol. The Hall–Kier alpha value is -2.62. The minimum absolute atomic E-state index is 0.208. The summed E-state index contributed by atoms with van der Waals surface area (Å²) in [5, 5.41) is 2.73. The summed E-state index contributed by atoms with van der Waals surface area (Å²) >= 11 is 0. The van der Waals surface area contributed by atoms with Gasteiger partial charge in [0.05, 0.1) is 6.26 Å². The van der Waals surface area contributed by atoms with E-state index in [0.717, 1.165) is 16.7 Å². The number of aryl methyl sites for hydroxylation is 3. The molecule has 0 saturated heterocycles. The van der Waals surface area contributed by atoms with Crippen LogP contribution >= 0.6 is 0 Å². The van der Waals surface area contributed by atoms with Gasteiger partial charge in [-0.1, -0.05) is 17.7 Å². The quantitative estimate of drug-likeness (QED) is 0.859. The first-order valence-corrected chi connectivity index (χ1v) is 6.78. The number of hydrogen-bond donors (Lipinski definition) is 1. The maximum absolute atomic E-state index is 12.0. The Bertz CT molecular complexity index is 745. The van der Waals surface area contributed by atoms with Gasteiger partial charge in [-0.05, 0) is 55.7 Å². The molecule has 2 heterocycles. The summed E-state index contributed by atoms with van der Waals surface area (Å²) in [5.74, 6) is 0.809. The largest absolute Gasteiger partial charge is 0.461 e. The summed E-state index contributed by atoms with van der Waals surface area (Å²) < 4.78 is 5.25. The van der Waals surface area contributed by atoms with E-state index in [1.807, 2.05) is 19.9 Å². The van der Waals surface area contributed by atoms with Crippen LogP contribution in [0.1, 0.15) is 28.0 Å². The summed E-state index contributed by atoms with van der Waals surface area (Å²) in [6.07, 6.45) is 3.38. The number of nitrogens with one attached hydrogen (secondary N) is 1. The number of aliphatic imine (C=N–C) groups is 1. The molecule has 21 heavy (non-hydrogen) atoms. The average Bonchev–Trinajstić information content (AvgIpc) is 3.03. The summed E-state index contributed by atoms with van der Waals surface area (Å²) in [6, 6.07) is 7.73. The first kappa shape index (κ1) is 13.4. The number of carbonyl (C=O) groups is 1. The molecule has 106 valence electrons. The Morgan fingerprint density at radius 1 is 1.19 bits per heavy atom. The molecule has 0 radical (unpaired) electrons. The van der Waals surface area contributed by atoms with Gasteiger partial charge in [0, 0.05) is 0 Å². The van der Waals surface area contributed by atoms with E-state index < -0.39 is 0 Å². The van der Waals surface area contributed by atoms with Crippen molar-refractivity contribution in [3.8, 4) is 0 Å². The van der Waals surface area contributed by atoms with Gasteiger partial charge < -0.3 is 9.73 Å². The molecule has 0 aliphatic carbocycles. The molecule has 1 amide bonds. The van der Waals surface area contributed by atoms with Gasteiger partial charge >= 0.3 is 0 Å². The molecule has 0 fully saturated rings. The number of amides is 1. The number of nitrogens with zero attached hydrogens (tertiary/aromatic N) is 1. The van der Waals surface area contributed by atoms with Crippen LogP contribution in [0.5, 0.6) is 0 Å². The third kappa shape index (κ3) is 2.52. The highest BCUT2D eigenvalue weighted by molar-refractivity contribution is 6.19. The molecule has 0 bridgehead atoms. The van der Waals surface area contributed by atoms with E-state index in [1.165, 1.54) is 5.56 Å². The van der Waals surface area contributed by atoms with Crippen molar-refractivity contribution in [3.05, 3.63) is 64.2 Å². The fourth-order valence-electron chi connectivity index (χ4n) is 2.55. The third-order valence-corrected chi connectivity index (χ3v) is 3.47. The van der Waals surface area contributed by atoms with Crippen molar-refractivity contribution in [2.24, 2.45) is 4.99 Å². The lowest BCUT2D eigenvalue weighted by Gasteiger charge is -2.07. The van der Waals surface area contributed by atoms with Crippen molar-refractivity contribution < 1.29 is 9.21 Å². The standard InChI is InChI=1S/C17H16N2O2/c1-10-7-11(2)13(12(3)8-10)9-14-17(20)19-16(18-14)15-5-4-6-21-15/h4-9H,1-3H3,(H,18,19,20)/b14-9-. The minimum Gasteiger partial charge on any atom is -0.461 e. The molecule has 0 atom stereocenters. The predicted octanol–water partition coefficient (Wildman–Crippen LogP) is 3.12. The second kappa shape index (κ2) is 5.05. The molecule has 1 aromatic carbocycles. The lowest BCUT2D eigenvalue weighted by Crippen LogP contribution is -2.24. The van der Waals surface area contributed by atoms with Crippen molar-refractivity contribution in [3.63, 3.8) is 0 Å². The van der Waals surface area contributed by atoms with E-state index >= 15 is 0 Å². The average molecular weight is 280 g/mol. The molecule has 0 unspecified atom stereocenters. The number of benzene rings is 1. The van der Waals surface area contributed by atoms with E-state index in [2.05, 4.69) is 29.4 Å². The topological polar surface area (TPSA) is 54.6 Å². The minimum atomic E-state index is -0.208. The number of carbonyl (C=O) groups excluding carboxylic acids is 1. The second-order valence-electron chi connectivity index (χ2n) is 5.23. The van der Waals surface area contributed by atoms with Gasteiger partial charge in [0.25, 0.3) is 5.91 Å². The highest BCUT2D eigenvalue weighted by Gasteiger charge is 2.23. The Morgan fingerprint density at radius 3 is 2.52 bits per heavy atom. The van der Waals surface area contributed by atoms with E-state index in [9.17, 15) is 4.79 Å². The summed E-state index contributed by atoms with van der Waals surface area (Å²) in [7, 11) is 0. The van der Waals surface area contributed by atoms with E-state index in [-0.39, 0.29) is 5.91 Å². The zero-order valence-corrected chi connectivity index (χ0v) is 12.2. The van der Waals surface area contributed by atoms with E-state index in [4.69, 9.17) is 4.42 Å². The Morgan fingerprint density at radius 2 is 1.90 bits per heavy atom. The molecule has 3 rings (SSSR count). The van der Waals surface area contributed by atoms with Crippen molar-refractivity contribution in [2.75, 3.05) is 0 Å². The molecule has 2 aromatic rings. The maximum atomic E-state index is 12.0. The zero-order chi connectivity index (χ0) is 15.0. The number of amidine groups is 1. The smallest absolute Gasteiger partial charge is 0.275 e. The van der Waals surface area contributed by atoms with Crippen LogP contribution in [0.3, 0.4) is 0 Å². The SMILES string of the molecule is Cc1cc(C)c(/C=C2\N=C(c3ccco3)NC2=O)c(C)c1. The molecule has 4 heteroatoms. The number of rotatable bonds is 2. The molecule has 1 N–H and O–H groups in total. The van der Waals surface area contributed by atoms with Crippen LogP contribution in [-0.2, 0) is 4.79 Å². The normalized spacial score (nSPS) is 16.2. The van der Waals surface area contributed by atoms with Crippen LogP contribution < -0.4 is 5.32 Å². The maximum Gasteiger partial charge on any atom is 0.275 e. The summed E-state index contributed by atoms with van der Waals surface area (Å²) in [6.45, 7) is 6.14. The van der Waals surface area contributed by atoms with E-state index in [0.29, 0.717) is 17.3 Å². The van der Waals surface area contributed by atoms with Crippen LogP contribution in [-0.4, -0.2) is 11.7 Å². The third-order valence-electron chi connectivity index (χ3n) is 3.47. The molecular formula is C17H16N2O2. The second-order valence-corrected chi connectivity index (χ2v) is 5.23. The number of hydrogen-bond acceptors (Lipinski definition) is 3. The van der Waals surface area contributed by atoms with Gasteiger partial charge in [-0.2, -0.15) is 0 Å². The molecule has 0 saturated carbocycles. The summed E-state index contributed by atoms with van der Waals surface area (Å²) in [4.78, 5) is 16.4. The van der Waals surface area contributed by atoms with Crippen molar-refractivity contribution in [1.29, 1.82) is 0 Å². The molecular weight excluding hydrogens is 264 g/mol. The van der Waals surface area contributed by atoms with Crippen molar-refractivity contribution >= 4 is 17.8 Å². The van der Waals surface area contributed by atoms with Crippen LogP contribution in [0.4, 0.5) is 0 Å². The predicted molar refractivity (Wildman–Crippen MR) is 82.0 cm³/mol. The first-order valence-electron chi connectivity index (χ1n) is 6.78. The van der Waals surface area contributed by atoms with E-state index in [1.54, 1.807) is 18.4 Å². The Balaban J connectivity index is 2.02. The van der Waals surface area contributed by atoms with Crippen LogP contribution in [0, 0.1) is 20.8 Å². The number of furan rings is 1. The Labute approximate surface area is 123 Å². The molecule has 1 aliphatic rings. The van der Waals surface area contributed by atoms with Crippen molar-refractivity contribution in [2.45, 2.75) is 20.8 Å². The van der Waals surface area contributed by atoms with Crippen LogP contribution in [0.15, 0.2) is 45.6 Å². The lowest BCUT2D eigenvalue weighted by atomic mass is 9.99. The van der Waals surface area contributed by atoms with Gasteiger partial charge in [-0.25, -0.2) is 4.99 Å². The molecule has 4 nitrogen and oxygen atoms in total. The highest BCUT2D eigenvalue weighted by atomic mass is 16.3. The molecule has 0 spiro atoms. The first-order chi connectivity index (χ1) is 10.0. The van der Waals surface area contributed by atoms with Gasteiger partial charge in [0.2, 0.25) is 0 Å². The van der Waals surface area contributed by atoms with Gasteiger partial charge in [-0.15, -0.1) is 0 Å². The van der Waals surface area contributed by atoms with Crippen molar-refractivity contribution in [1.82, 2.24) is 5.32 Å². The Kier molecular flexibility index (Phi) is 3.22. The van der Waals surface area contributed by atoms with Gasteiger partial charge in [0.1, 0.15) is 5.70 Å². The lowest BCUT2D eigenvalue weighted by molar-refractivity contribution is -0.115. The van der Waals surface area contributed by atoms with Crippen LogP contribution in [0.2, 0.25) is 0 Å². The fraction of sp³-hybridized carbons (Fsp3) is 0.176. The molecule has 1 aliphatic heterocycles. The van der Waals surface area contributed by atoms with Gasteiger partial charge in [-0.3, -0.25) is 4.79 Å². The highest BCUT2D eigenvalue weighted by Crippen LogP contribution is 2.22. The zero-order valence-electron chi connectivity index (χ0n) is 12.2. The summed E-state index contributed by atoms with van der Waals surface area (Å²) in [5.41, 5.74) is 4.92. The van der Waals surface area contributed by atoms with Crippen LogP contribution in [0.25, 0.3) is 6.08 Å². The van der Waals surface area contributed by atoms with Gasteiger partial charge in [0.15, 0.2) is 11.6 Å². The molecule has 1 aromatic heterocycles. The fourth-order valence-corrected chi connectivity index (χ4v) is 2.55.